The molecule has 2 N–H and O–H groups in total. The number of carbonyl (C=O) groups excluding carboxylic acids is 2. The van der Waals surface area contributed by atoms with Crippen LogP contribution in [0.15, 0.2) is 60.7 Å². The summed E-state index contributed by atoms with van der Waals surface area (Å²) in [6.07, 6.45) is 0. The quantitative estimate of drug-likeness (QED) is 0.759. The average molecular weight is 338 g/mol. The van der Waals surface area contributed by atoms with Gasteiger partial charge in [-0.2, -0.15) is 0 Å². The predicted molar refractivity (Wildman–Crippen MR) is 98.7 cm³/mol. The topological polar surface area (TPSA) is 67.4 Å². The lowest BCUT2D eigenvalue weighted by atomic mass is 10.1. The van der Waals surface area contributed by atoms with Crippen molar-refractivity contribution in [3.63, 3.8) is 0 Å². The number of nitrogens with one attached hydrogen (secondary N) is 2. The Morgan fingerprint density at radius 2 is 1.80 bits per heavy atom. The van der Waals surface area contributed by atoms with Gasteiger partial charge < -0.3 is 15.4 Å². The van der Waals surface area contributed by atoms with E-state index in [1.807, 2.05) is 31.2 Å². The molecule has 2 aromatic rings. The Balaban J connectivity index is 1.98. The van der Waals surface area contributed by atoms with Crippen molar-refractivity contribution in [2.75, 3.05) is 11.9 Å². The molecule has 0 heterocycles. The summed E-state index contributed by atoms with van der Waals surface area (Å²) in [6.45, 7) is 8.03. The van der Waals surface area contributed by atoms with E-state index >= 15 is 0 Å². The molecule has 0 unspecified atom stereocenters. The molecule has 25 heavy (non-hydrogen) atoms. The van der Waals surface area contributed by atoms with E-state index in [1.165, 1.54) is 6.92 Å². The van der Waals surface area contributed by atoms with Gasteiger partial charge in [-0.15, -0.1) is 0 Å². The number of hydrogen-bond acceptors (Lipinski definition) is 3. The zero-order chi connectivity index (χ0) is 18.2. The van der Waals surface area contributed by atoms with Crippen molar-refractivity contribution in [2.24, 2.45) is 0 Å². The maximum absolute atomic E-state index is 12.3. The van der Waals surface area contributed by atoms with E-state index in [-0.39, 0.29) is 11.8 Å². The molecule has 0 aliphatic rings. The summed E-state index contributed by atoms with van der Waals surface area (Å²) < 4.78 is 5.57. The van der Waals surface area contributed by atoms with Gasteiger partial charge in [0.15, 0.2) is 0 Å². The van der Waals surface area contributed by atoms with Crippen molar-refractivity contribution in [1.82, 2.24) is 5.32 Å². The number of rotatable bonds is 7. The highest BCUT2D eigenvalue weighted by atomic mass is 16.5. The molecule has 2 amide bonds. The third-order valence-electron chi connectivity index (χ3n) is 3.33. The largest absolute Gasteiger partial charge is 0.489 e. The third kappa shape index (κ3) is 6.14. The Hall–Kier alpha value is -3.08. The number of benzene rings is 2. The highest BCUT2D eigenvalue weighted by Gasteiger charge is 2.07. The molecule has 0 radical (unpaired) electrons. The van der Waals surface area contributed by atoms with E-state index in [1.54, 1.807) is 24.3 Å². The van der Waals surface area contributed by atoms with Crippen LogP contribution in [0.3, 0.4) is 0 Å². The van der Waals surface area contributed by atoms with Crippen LogP contribution >= 0.6 is 0 Å². The van der Waals surface area contributed by atoms with Crippen LogP contribution in [0.4, 0.5) is 5.69 Å². The molecular weight excluding hydrogens is 316 g/mol. The first kappa shape index (κ1) is 18.3. The standard InChI is InChI=1S/C20H22N2O3/c1-14(2)13-25-19-6-4-5-18(11-19)22-20(24)17-9-7-16(8-10-17)12-21-15(3)23/h4-11H,1,12-13H2,2-3H3,(H,21,23)(H,22,24). The SMILES string of the molecule is C=C(C)COc1cccc(NC(=O)c2ccc(CNC(C)=O)cc2)c1. The van der Waals surface area contributed by atoms with Gasteiger partial charge in [0.25, 0.3) is 5.91 Å². The lowest BCUT2D eigenvalue weighted by Crippen LogP contribution is -2.19. The molecule has 2 aromatic carbocycles. The summed E-state index contributed by atoms with van der Waals surface area (Å²) >= 11 is 0. The molecule has 0 aromatic heterocycles. The summed E-state index contributed by atoms with van der Waals surface area (Å²) in [4.78, 5) is 23.2. The summed E-state index contributed by atoms with van der Waals surface area (Å²) in [5, 5.41) is 5.56. The number of carbonyl (C=O) groups is 2. The molecule has 2 rings (SSSR count). The zero-order valence-corrected chi connectivity index (χ0v) is 14.5. The van der Waals surface area contributed by atoms with Gasteiger partial charge in [-0.25, -0.2) is 0 Å². The van der Waals surface area contributed by atoms with Crippen molar-refractivity contribution in [1.29, 1.82) is 0 Å². The van der Waals surface area contributed by atoms with Crippen LogP contribution < -0.4 is 15.4 Å². The molecule has 0 saturated heterocycles. The summed E-state index contributed by atoms with van der Waals surface area (Å²) in [6, 6.07) is 14.3. The van der Waals surface area contributed by atoms with E-state index in [4.69, 9.17) is 4.74 Å². The maximum Gasteiger partial charge on any atom is 0.255 e. The van der Waals surface area contributed by atoms with Crippen molar-refractivity contribution < 1.29 is 14.3 Å². The lowest BCUT2D eigenvalue weighted by molar-refractivity contribution is -0.119. The van der Waals surface area contributed by atoms with Gasteiger partial charge in [-0.3, -0.25) is 9.59 Å². The van der Waals surface area contributed by atoms with Crippen molar-refractivity contribution in [3.05, 3.63) is 71.8 Å². The number of amides is 2. The van der Waals surface area contributed by atoms with Crippen LogP contribution in [0.1, 0.15) is 29.8 Å². The smallest absolute Gasteiger partial charge is 0.255 e. The highest BCUT2D eigenvalue weighted by molar-refractivity contribution is 6.04. The monoisotopic (exact) mass is 338 g/mol. The second-order valence-electron chi connectivity index (χ2n) is 5.83. The number of hydrogen-bond donors (Lipinski definition) is 2. The van der Waals surface area contributed by atoms with Crippen molar-refractivity contribution >= 4 is 17.5 Å². The van der Waals surface area contributed by atoms with Crippen LogP contribution in [-0.2, 0) is 11.3 Å². The summed E-state index contributed by atoms with van der Waals surface area (Å²) in [5.74, 6) is 0.380. The van der Waals surface area contributed by atoms with Gasteiger partial charge >= 0.3 is 0 Å². The molecule has 0 bridgehead atoms. The Bertz CT molecular complexity index is 767. The van der Waals surface area contributed by atoms with Gasteiger partial charge in [0.2, 0.25) is 5.91 Å². The van der Waals surface area contributed by atoms with E-state index in [0.717, 1.165) is 11.1 Å². The van der Waals surface area contributed by atoms with Gasteiger partial charge in [-0.1, -0.05) is 24.8 Å². The van der Waals surface area contributed by atoms with E-state index in [2.05, 4.69) is 17.2 Å². The molecule has 0 saturated carbocycles. The van der Waals surface area contributed by atoms with Crippen LogP contribution in [0, 0.1) is 0 Å². The summed E-state index contributed by atoms with van der Waals surface area (Å²) in [5.41, 5.74) is 3.06. The fraction of sp³-hybridized carbons (Fsp3) is 0.200. The first-order valence-corrected chi connectivity index (χ1v) is 7.96. The van der Waals surface area contributed by atoms with E-state index in [0.29, 0.717) is 30.2 Å². The minimum atomic E-state index is -0.205. The van der Waals surface area contributed by atoms with Gasteiger partial charge in [0.1, 0.15) is 12.4 Å². The minimum absolute atomic E-state index is 0.0874. The average Bonchev–Trinajstić information content (AvgIpc) is 2.59. The van der Waals surface area contributed by atoms with E-state index in [9.17, 15) is 9.59 Å². The second kappa shape index (κ2) is 8.68. The Kier molecular flexibility index (Phi) is 6.34. The fourth-order valence-corrected chi connectivity index (χ4v) is 2.07. The fourth-order valence-electron chi connectivity index (χ4n) is 2.07. The number of ether oxygens (including phenoxy) is 1. The first-order chi connectivity index (χ1) is 11.9. The maximum atomic E-state index is 12.3. The van der Waals surface area contributed by atoms with Crippen molar-refractivity contribution in [3.8, 4) is 5.75 Å². The molecular formula is C20H22N2O3. The molecule has 5 heteroatoms. The molecule has 0 atom stereocenters. The summed E-state index contributed by atoms with van der Waals surface area (Å²) in [7, 11) is 0. The third-order valence-corrected chi connectivity index (χ3v) is 3.33. The minimum Gasteiger partial charge on any atom is -0.489 e. The first-order valence-electron chi connectivity index (χ1n) is 7.96. The van der Waals surface area contributed by atoms with Gasteiger partial charge in [0, 0.05) is 30.8 Å². The van der Waals surface area contributed by atoms with Crippen LogP contribution in [0.25, 0.3) is 0 Å². The van der Waals surface area contributed by atoms with Crippen LogP contribution in [-0.4, -0.2) is 18.4 Å². The Morgan fingerprint density at radius 3 is 2.44 bits per heavy atom. The van der Waals surface area contributed by atoms with Crippen molar-refractivity contribution in [2.45, 2.75) is 20.4 Å². The molecule has 130 valence electrons. The lowest BCUT2D eigenvalue weighted by Gasteiger charge is -2.09. The molecule has 0 aliphatic carbocycles. The van der Waals surface area contributed by atoms with Crippen LogP contribution in [0.2, 0.25) is 0 Å². The van der Waals surface area contributed by atoms with E-state index < -0.39 is 0 Å². The molecule has 0 spiro atoms. The number of anilines is 1. The normalized spacial score (nSPS) is 10.0. The molecule has 0 aliphatic heterocycles. The Labute approximate surface area is 147 Å². The highest BCUT2D eigenvalue weighted by Crippen LogP contribution is 2.18. The Morgan fingerprint density at radius 1 is 1.08 bits per heavy atom. The van der Waals surface area contributed by atoms with Gasteiger partial charge in [0.05, 0.1) is 0 Å². The molecule has 0 fully saturated rings. The predicted octanol–water partition coefficient (Wildman–Crippen LogP) is 3.53. The zero-order valence-electron chi connectivity index (χ0n) is 14.5. The van der Waals surface area contributed by atoms with Crippen LogP contribution in [0.5, 0.6) is 5.75 Å². The molecule has 5 nitrogen and oxygen atoms in total. The second-order valence-corrected chi connectivity index (χ2v) is 5.83. The van der Waals surface area contributed by atoms with Gasteiger partial charge in [-0.05, 0) is 42.3 Å².